The monoisotopic (exact) mass is 137 g/mol. The first-order valence-corrected chi connectivity index (χ1v) is 4.28. The Bertz CT molecular complexity index is 137. The lowest BCUT2D eigenvalue weighted by Gasteiger charge is -1.97. The maximum Gasteiger partial charge on any atom is 0.227 e. The van der Waals surface area contributed by atoms with Crippen molar-refractivity contribution in [2.45, 2.75) is 0 Å². The molecule has 0 fully saturated rings. The van der Waals surface area contributed by atoms with Crippen LogP contribution in [0.25, 0.3) is 0 Å². The maximum atomic E-state index is 10.3. The first-order chi connectivity index (χ1) is 3.42. The number of hydrogen-bond donors (Lipinski definition) is 2. The first kappa shape index (κ1) is 7.66. The summed E-state index contributed by atoms with van der Waals surface area (Å²) in [6.07, 6.45) is -0.424. The van der Waals surface area contributed by atoms with Crippen molar-refractivity contribution in [1.82, 2.24) is 0 Å². The van der Waals surface area contributed by atoms with Gasteiger partial charge in [0, 0.05) is 6.66 Å². The summed E-state index contributed by atoms with van der Waals surface area (Å²) in [5.74, 6) is -0.738. The minimum atomic E-state index is -3.20. The predicted molar refractivity (Wildman–Crippen MR) is 29.8 cm³/mol. The molecule has 1 atom stereocenters. The van der Waals surface area contributed by atoms with E-state index in [-0.39, 0.29) is 0 Å². The molecule has 0 radical (unpaired) electrons. The first-order valence-electron chi connectivity index (χ1n) is 1.99. The van der Waals surface area contributed by atoms with Crippen LogP contribution in [0.1, 0.15) is 0 Å². The van der Waals surface area contributed by atoms with Crippen molar-refractivity contribution < 1.29 is 14.3 Å². The van der Waals surface area contributed by atoms with E-state index >= 15 is 0 Å². The summed E-state index contributed by atoms with van der Waals surface area (Å²) in [4.78, 5) is 18.3. The third-order valence-electron chi connectivity index (χ3n) is 0.449. The summed E-state index contributed by atoms with van der Waals surface area (Å²) in [6, 6.07) is 0. The average Bonchev–Trinajstić information content (AvgIpc) is 1.21. The van der Waals surface area contributed by atoms with Gasteiger partial charge in [-0.2, -0.15) is 0 Å². The molecule has 0 aromatic carbocycles. The Kier molecular flexibility index (Phi) is 2.19. The molecule has 0 bridgehead atoms. The van der Waals surface area contributed by atoms with Crippen molar-refractivity contribution in [2.24, 2.45) is 5.73 Å². The highest BCUT2D eigenvalue weighted by atomic mass is 31.2. The van der Waals surface area contributed by atoms with E-state index in [1.54, 1.807) is 0 Å². The van der Waals surface area contributed by atoms with Crippen LogP contribution in [0.15, 0.2) is 0 Å². The Labute approximate surface area is 47.1 Å². The molecule has 8 heavy (non-hydrogen) atoms. The molecule has 0 aliphatic heterocycles. The van der Waals surface area contributed by atoms with Crippen molar-refractivity contribution >= 4 is 13.3 Å². The maximum absolute atomic E-state index is 10.3. The molecule has 0 spiro atoms. The molecule has 0 aliphatic rings. The highest BCUT2D eigenvalue weighted by Crippen LogP contribution is 2.33. The molecule has 1 unspecified atom stereocenters. The molecule has 4 nitrogen and oxygen atoms in total. The van der Waals surface area contributed by atoms with E-state index in [9.17, 15) is 9.36 Å². The van der Waals surface area contributed by atoms with E-state index < -0.39 is 19.4 Å². The quantitative estimate of drug-likeness (QED) is 0.497. The lowest BCUT2D eigenvalue weighted by molar-refractivity contribution is -0.115. The Morgan fingerprint density at radius 3 is 2.25 bits per heavy atom. The van der Waals surface area contributed by atoms with Gasteiger partial charge >= 0.3 is 0 Å². The van der Waals surface area contributed by atoms with Gasteiger partial charge in [-0.15, -0.1) is 0 Å². The summed E-state index contributed by atoms with van der Waals surface area (Å²) in [7, 11) is -3.20. The van der Waals surface area contributed by atoms with Crippen molar-refractivity contribution in [3.05, 3.63) is 0 Å². The standard InChI is InChI=1S/C3H8NO3P/c1-8(6,7)2-3(4)5/h2H2,1H3,(H2,4,5)(H,6,7). The highest BCUT2D eigenvalue weighted by Gasteiger charge is 2.12. The van der Waals surface area contributed by atoms with Gasteiger partial charge in [-0.05, 0) is 0 Å². The number of amides is 1. The van der Waals surface area contributed by atoms with Gasteiger partial charge in [-0.3, -0.25) is 9.36 Å². The van der Waals surface area contributed by atoms with E-state index in [1.165, 1.54) is 0 Å². The number of nitrogens with two attached hydrogens (primary N) is 1. The predicted octanol–water partition coefficient (Wildman–Crippen LogP) is -0.628. The SMILES string of the molecule is CP(=O)(O)CC(N)=O. The Balaban J connectivity index is 3.74. The van der Waals surface area contributed by atoms with E-state index in [1.807, 2.05) is 0 Å². The minimum absolute atomic E-state index is 0.424. The van der Waals surface area contributed by atoms with Crippen molar-refractivity contribution in [3.8, 4) is 0 Å². The number of rotatable bonds is 2. The van der Waals surface area contributed by atoms with Gasteiger partial charge in [0.1, 0.15) is 6.16 Å². The van der Waals surface area contributed by atoms with Gasteiger partial charge in [0.15, 0.2) is 0 Å². The van der Waals surface area contributed by atoms with Gasteiger partial charge in [-0.1, -0.05) is 0 Å². The molecule has 0 aromatic heterocycles. The molecule has 3 N–H and O–H groups in total. The summed E-state index contributed by atoms with van der Waals surface area (Å²) in [5, 5.41) is 0. The van der Waals surface area contributed by atoms with Crippen LogP contribution < -0.4 is 5.73 Å². The van der Waals surface area contributed by atoms with E-state index in [2.05, 4.69) is 5.73 Å². The van der Waals surface area contributed by atoms with Gasteiger partial charge in [0.25, 0.3) is 0 Å². The van der Waals surface area contributed by atoms with E-state index in [0.29, 0.717) is 0 Å². The minimum Gasteiger partial charge on any atom is -0.369 e. The highest BCUT2D eigenvalue weighted by molar-refractivity contribution is 7.58. The fraction of sp³-hybridized carbons (Fsp3) is 0.667. The lowest BCUT2D eigenvalue weighted by Crippen LogP contribution is -2.15. The third kappa shape index (κ3) is 5.66. The molecular formula is C3H8NO3P. The second-order valence-corrected chi connectivity index (χ2v) is 4.09. The molecular weight excluding hydrogens is 129 g/mol. The summed E-state index contributed by atoms with van der Waals surface area (Å²) in [5.41, 5.74) is 4.61. The van der Waals surface area contributed by atoms with Gasteiger partial charge in [0.05, 0.1) is 0 Å². The zero-order valence-electron chi connectivity index (χ0n) is 4.50. The number of carbonyl (C=O) groups excluding carboxylic acids is 1. The topological polar surface area (TPSA) is 80.4 Å². The fourth-order valence-electron chi connectivity index (χ4n) is 0.289. The van der Waals surface area contributed by atoms with Crippen LogP contribution in [0.3, 0.4) is 0 Å². The molecule has 0 saturated carbocycles. The van der Waals surface area contributed by atoms with Crippen molar-refractivity contribution in [2.75, 3.05) is 12.8 Å². The molecule has 0 aliphatic carbocycles. The number of hydrogen-bond acceptors (Lipinski definition) is 2. The zero-order valence-corrected chi connectivity index (χ0v) is 5.39. The third-order valence-corrected chi connectivity index (χ3v) is 1.35. The molecule has 1 amide bonds. The number of carbonyl (C=O) groups is 1. The molecule has 5 heteroatoms. The van der Waals surface area contributed by atoms with Gasteiger partial charge in [-0.25, -0.2) is 0 Å². The van der Waals surface area contributed by atoms with E-state index in [4.69, 9.17) is 4.89 Å². The molecule has 48 valence electrons. The molecule has 0 heterocycles. The average molecular weight is 137 g/mol. The molecule has 0 rings (SSSR count). The van der Waals surface area contributed by atoms with Crippen LogP contribution in [-0.4, -0.2) is 23.6 Å². The summed E-state index contributed by atoms with van der Waals surface area (Å²) >= 11 is 0. The molecule has 0 saturated heterocycles. The smallest absolute Gasteiger partial charge is 0.227 e. The molecule has 0 aromatic rings. The van der Waals surface area contributed by atoms with Crippen LogP contribution >= 0.6 is 7.37 Å². The van der Waals surface area contributed by atoms with Crippen LogP contribution in [-0.2, 0) is 9.36 Å². The van der Waals surface area contributed by atoms with Gasteiger partial charge < -0.3 is 10.6 Å². The second kappa shape index (κ2) is 2.29. The largest absolute Gasteiger partial charge is 0.369 e. The Morgan fingerprint density at radius 1 is 1.88 bits per heavy atom. The Morgan fingerprint density at radius 2 is 2.25 bits per heavy atom. The van der Waals surface area contributed by atoms with Crippen molar-refractivity contribution in [1.29, 1.82) is 0 Å². The fourth-order valence-corrected chi connectivity index (χ4v) is 0.867. The summed E-state index contributed by atoms with van der Waals surface area (Å²) < 4.78 is 10.3. The Hall–Kier alpha value is -0.340. The van der Waals surface area contributed by atoms with Gasteiger partial charge in [0.2, 0.25) is 13.3 Å². The lowest BCUT2D eigenvalue weighted by atomic mass is 10.8. The normalized spacial score (nSPS) is 17.2. The summed E-state index contributed by atoms with van der Waals surface area (Å²) in [6.45, 7) is 1.10. The van der Waals surface area contributed by atoms with E-state index in [0.717, 1.165) is 6.66 Å². The van der Waals surface area contributed by atoms with Crippen LogP contribution in [0, 0.1) is 0 Å². The second-order valence-electron chi connectivity index (χ2n) is 1.68. The van der Waals surface area contributed by atoms with Crippen molar-refractivity contribution in [3.63, 3.8) is 0 Å². The van der Waals surface area contributed by atoms with Crippen LogP contribution in [0.2, 0.25) is 0 Å². The van der Waals surface area contributed by atoms with Crippen LogP contribution in [0.5, 0.6) is 0 Å². The number of primary amides is 1. The van der Waals surface area contributed by atoms with Crippen LogP contribution in [0.4, 0.5) is 0 Å². The zero-order chi connectivity index (χ0) is 6.78.